The molecule has 1 amide bonds. The first-order valence-corrected chi connectivity index (χ1v) is 38.1. The Balaban J connectivity index is 3.37. The standard InChI is InChI=1S/C79H147NO5/c1-3-5-7-9-11-13-15-17-19-20-38-42-45-49-53-57-61-65-69-73-79(84)85-74-70-66-62-58-54-50-46-43-40-37-35-33-31-29-27-25-23-21-22-24-26-28-30-32-34-36-39-41-44-48-52-56-60-64-68-72-78(83)80-76(75-81)77(82)71-67-63-59-55-51-47-18-16-14-12-10-8-6-4-2/h11,13,17,19,23,25,29,31,67,71,76-77,81-82H,3-10,12,14-16,18,20-22,24,26-28,30,32-66,68-70,72-75H2,1-2H3,(H,80,83)/b13-11-,19-17-,25-23-,31-29-,71-67+. The molecule has 2 atom stereocenters. The Labute approximate surface area is 530 Å². The van der Waals surface area contributed by atoms with E-state index in [1.165, 1.54) is 321 Å². The third kappa shape index (κ3) is 70.5. The van der Waals surface area contributed by atoms with Crippen LogP contribution in [0.5, 0.6) is 0 Å². The molecule has 0 heterocycles. The molecule has 0 saturated heterocycles. The maximum atomic E-state index is 12.5. The Morgan fingerprint density at radius 2 is 0.588 bits per heavy atom. The molecule has 6 nitrogen and oxygen atoms in total. The number of nitrogens with one attached hydrogen (secondary N) is 1. The molecule has 0 aliphatic rings. The van der Waals surface area contributed by atoms with Crippen LogP contribution in [0.25, 0.3) is 0 Å². The third-order valence-corrected chi connectivity index (χ3v) is 17.5. The second-order valence-electron chi connectivity index (χ2n) is 26.0. The molecule has 2 unspecified atom stereocenters. The molecule has 0 bridgehead atoms. The molecule has 3 N–H and O–H groups in total. The lowest BCUT2D eigenvalue weighted by Crippen LogP contribution is -2.45. The van der Waals surface area contributed by atoms with Crippen molar-refractivity contribution in [2.45, 2.75) is 418 Å². The van der Waals surface area contributed by atoms with Gasteiger partial charge in [0.2, 0.25) is 5.91 Å². The number of unbranched alkanes of at least 4 members (excludes halogenated alkanes) is 52. The van der Waals surface area contributed by atoms with E-state index in [1.54, 1.807) is 6.08 Å². The van der Waals surface area contributed by atoms with Gasteiger partial charge in [0.1, 0.15) is 0 Å². The summed E-state index contributed by atoms with van der Waals surface area (Å²) in [6.45, 7) is 4.90. The number of carbonyl (C=O) groups excluding carboxylic acids is 2. The fourth-order valence-electron chi connectivity index (χ4n) is 11.7. The van der Waals surface area contributed by atoms with E-state index in [4.69, 9.17) is 4.74 Å². The minimum Gasteiger partial charge on any atom is -0.466 e. The molecule has 0 fully saturated rings. The van der Waals surface area contributed by atoms with Gasteiger partial charge in [-0.3, -0.25) is 9.59 Å². The van der Waals surface area contributed by atoms with Gasteiger partial charge in [-0.2, -0.15) is 0 Å². The number of allylic oxidation sites excluding steroid dienone is 9. The minimum atomic E-state index is -0.843. The molecule has 0 aromatic heterocycles. The van der Waals surface area contributed by atoms with Gasteiger partial charge < -0.3 is 20.3 Å². The molecule has 85 heavy (non-hydrogen) atoms. The molecule has 0 aromatic rings. The van der Waals surface area contributed by atoms with Gasteiger partial charge in [0, 0.05) is 12.8 Å². The van der Waals surface area contributed by atoms with Crippen molar-refractivity contribution in [3.05, 3.63) is 60.8 Å². The lowest BCUT2D eigenvalue weighted by atomic mass is 10.0. The van der Waals surface area contributed by atoms with Gasteiger partial charge >= 0.3 is 5.97 Å². The quantitative estimate of drug-likeness (QED) is 0.0320. The van der Waals surface area contributed by atoms with E-state index in [1.807, 2.05) is 6.08 Å². The first kappa shape index (κ1) is 82.6. The van der Waals surface area contributed by atoms with Crippen LogP contribution in [0.2, 0.25) is 0 Å². The first-order chi connectivity index (χ1) is 42.0. The Bertz CT molecular complexity index is 1470. The smallest absolute Gasteiger partial charge is 0.305 e. The minimum absolute atomic E-state index is 0.0128. The van der Waals surface area contributed by atoms with Gasteiger partial charge in [-0.05, 0) is 96.3 Å². The summed E-state index contributed by atoms with van der Waals surface area (Å²) >= 11 is 0. The molecule has 0 aromatic carbocycles. The number of carbonyl (C=O) groups is 2. The second kappa shape index (κ2) is 74.0. The lowest BCUT2D eigenvalue weighted by molar-refractivity contribution is -0.143. The highest BCUT2D eigenvalue weighted by Gasteiger charge is 2.18. The molecule has 498 valence electrons. The highest BCUT2D eigenvalue weighted by Crippen LogP contribution is 2.18. The lowest BCUT2D eigenvalue weighted by Gasteiger charge is -2.20. The van der Waals surface area contributed by atoms with Crippen LogP contribution in [0.15, 0.2) is 60.8 Å². The van der Waals surface area contributed by atoms with Crippen LogP contribution in [0.3, 0.4) is 0 Å². The molecular weight excluding hydrogens is 1040 g/mol. The van der Waals surface area contributed by atoms with E-state index >= 15 is 0 Å². The number of amides is 1. The molecule has 0 saturated carbocycles. The van der Waals surface area contributed by atoms with Crippen molar-refractivity contribution in [3.63, 3.8) is 0 Å². The predicted molar refractivity (Wildman–Crippen MR) is 375 cm³/mol. The fraction of sp³-hybridized carbons (Fsp3) is 0.848. The Kier molecular flexibility index (Phi) is 71.9. The van der Waals surface area contributed by atoms with Crippen molar-refractivity contribution in [1.82, 2.24) is 5.32 Å². The summed E-state index contributed by atoms with van der Waals surface area (Å²) < 4.78 is 5.51. The van der Waals surface area contributed by atoms with Crippen molar-refractivity contribution in [3.8, 4) is 0 Å². The zero-order valence-electron chi connectivity index (χ0n) is 57.1. The van der Waals surface area contributed by atoms with Crippen LogP contribution in [-0.2, 0) is 14.3 Å². The van der Waals surface area contributed by atoms with Crippen LogP contribution in [-0.4, -0.2) is 47.4 Å². The summed E-state index contributed by atoms with van der Waals surface area (Å²) in [4.78, 5) is 24.6. The van der Waals surface area contributed by atoms with E-state index in [0.29, 0.717) is 19.4 Å². The Morgan fingerprint density at radius 3 is 0.918 bits per heavy atom. The number of ether oxygens (including phenoxy) is 1. The maximum Gasteiger partial charge on any atom is 0.305 e. The topological polar surface area (TPSA) is 95.9 Å². The van der Waals surface area contributed by atoms with Crippen LogP contribution in [0.4, 0.5) is 0 Å². The average Bonchev–Trinajstić information content (AvgIpc) is 3.51. The number of rotatable bonds is 71. The largest absolute Gasteiger partial charge is 0.466 e. The third-order valence-electron chi connectivity index (χ3n) is 17.5. The Hall–Kier alpha value is -2.44. The van der Waals surface area contributed by atoms with Gasteiger partial charge in [-0.25, -0.2) is 0 Å². The number of esters is 1. The zero-order chi connectivity index (χ0) is 61.3. The van der Waals surface area contributed by atoms with Crippen molar-refractivity contribution in [1.29, 1.82) is 0 Å². The van der Waals surface area contributed by atoms with E-state index in [-0.39, 0.29) is 18.5 Å². The molecule has 0 rings (SSSR count). The number of hydrogen-bond donors (Lipinski definition) is 3. The zero-order valence-corrected chi connectivity index (χ0v) is 57.1. The second-order valence-corrected chi connectivity index (χ2v) is 26.0. The van der Waals surface area contributed by atoms with Crippen LogP contribution < -0.4 is 5.32 Å². The van der Waals surface area contributed by atoms with Crippen molar-refractivity contribution >= 4 is 11.9 Å². The first-order valence-electron chi connectivity index (χ1n) is 38.1. The van der Waals surface area contributed by atoms with Crippen LogP contribution in [0.1, 0.15) is 406 Å². The predicted octanol–water partition coefficient (Wildman–Crippen LogP) is 25.0. The van der Waals surface area contributed by atoms with Crippen LogP contribution >= 0.6 is 0 Å². The van der Waals surface area contributed by atoms with Crippen molar-refractivity contribution in [2.24, 2.45) is 0 Å². The van der Waals surface area contributed by atoms with E-state index in [0.717, 1.165) is 57.8 Å². The van der Waals surface area contributed by atoms with Crippen molar-refractivity contribution < 1.29 is 24.5 Å². The van der Waals surface area contributed by atoms with Gasteiger partial charge in [0.25, 0.3) is 0 Å². The molecule has 0 aliphatic heterocycles. The Morgan fingerprint density at radius 1 is 0.329 bits per heavy atom. The summed E-state index contributed by atoms with van der Waals surface area (Å²) in [5, 5.41) is 23.2. The van der Waals surface area contributed by atoms with E-state index in [9.17, 15) is 19.8 Å². The highest BCUT2D eigenvalue weighted by molar-refractivity contribution is 5.76. The number of aliphatic hydroxyl groups excluding tert-OH is 2. The van der Waals surface area contributed by atoms with Gasteiger partial charge in [0.15, 0.2) is 0 Å². The summed E-state index contributed by atoms with van der Waals surface area (Å²) in [5.41, 5.74) is 0. The highest BCUT2D eigenvalue weighted by atomic mass is 16.5. The molecule has 0 radical (unpaired) electrons. The average molecular weight is 1190 g/mol. The SMILES string of the molecule is CCCCC/C=C\C/C=C\CCCCCCCCCCCC(=O)OCCCCCCCCCCCCC/C=C\C/C=C\CCCCCCCCCCCCCCCCCCCC(=O)NC(CO)C(O)/C=C/CCCCCCCCCCCCCC. The van der Waals surface area contributed by atoms with Crippen LogP contribution in [0, 0.1) is 0 Å². The monoisotopic (exact) mass is 1190 g/mol. The maximum absolute atomic E-state index is 12.5. The van der Waals surface area contributed by atoms with Crippen molar-refractivity contribution in [2.75, 3.05) is 13.2 Å². The van der Waals surface area contributed by atoms with E-state index < -0.39 is 12.1 Å². The molecule has 0 aliphatic carbocycles. The molecule has 0 spiro atoms. The number of aliphatic hydroxyl groups is 2. The summed E-state index contributed by atoms with van der Waals surface area (Å²) in [6.07, 6.45) is 99.0. The van der Waals surface area contributed by atoms with Gasteiger partial charge in [-0.1, -0.05) is 357 Å². The molecule has 6 heteroatoms. The van der Waals surface area contributed by atoms with Gasteiger partial charge in [0.05, 0.1) is 25.4 Å². The summed E-state index contributed by atoms with van der Waals surface area (Å²) in [5.74, 6) is -0.0514. The van der Waals surface area contributed by atoms with Gasteiger partial charge in [-0.15, -0.1) is 0 Å². The summed E-state index contributed by atoms with van der Waals surface area (Å²) in [7, 11) is 0. The fourth-order valence-corrected chi connectivity index (χ4v) is 11.7. The summed E-state index contributed by atoms with van der Waals surface area (Å²) in [6, 6.07) is -0.626. The number of hydrogen-bond acceptors (Lipinski definition) is 5. The van der Waals surface area contributed by atoms with E-state index in [2.05, 4.69) is 67.8 Å². The molecular formula is C79H147NO5. The normalized spacial score (nSPS) is 12.8.